The van der Waals surface area contributed by atoms with E-state index >= 15 is 0 Å². The van der Waals surface area contributed by atoms with Crippen LogP contribution in [0, 0.1) is 6.92 Å². The first-order valence-electron chi connectivity index (χ1n) is 5.99. The number of aryl methyl sites for hydroxylation is 1. The third-order valence-corrected chi connectivity index (χ3v) is 5.96. The van der Waals surface area contributed by atoms with E-state index in [1.165, 1.54) is 11.5 Å². The minimum absolute atomic E-state index is 0.184. The van der Waals surface area contributed by atoms with Gasteiger partial charge in [0.05, 0.1) is 6.54 Å². The van der Waals surface area contributed by atoms with Crippen LogP contribution in [0.2, 0.25) is 0 Å². The Hall–Kier alpha value is -0.950. The predicted octanol–water partition coefficient (Wildman–Crippen LogP) is 1.44. The van der Waals surface area contributed by atoms with Gasteiger partial charge in [0.25, 0.3) is 5.91 Å². The van der Waals surface area contributed by atoms with Crippen molar-refractivity contribution in [2.45, 2.75) is 19.8 Å². The molecule has 1 aromatic heterocycles. The molecule has 2 rings (SSSR count). The molecular formula is C11H17N3O2S2. The lowest BCUT2D eigenvalue weighted by atomic mass is 10.3. The first-order chi connectivity index (χ1) is 8.59. The van der Waals surface area contributed by atoms with Crippen LogP contribution in [0.4, 0.5) is 0 Å². The van der Waals surface area contributed by atoms with Crippen molar-refractivity contribution in [3.8, 4) is 0 Å². The zero-order valence-corrected chi connectivity index (χ0v) is 12.0. The van der Waals surface area contributed by atoms with Crippen molar-refractivity contribution in [2.75, 3.05) is 24.6 Å². The van der Waals surface area contributed by atoms with Gasteiger partial charge in [-0.2, -0.15) is 4.37 Å². The summed E-state index contributed by atoms with van der Waals surface area (Å²) in [5.74, 6) is 1.24. The largest absolute Gasteiger partial charge is 0.349 e. The minimum atomic E-state index is -1.95. The first kappa shape index (κ1) is 13.5. The van der Waals surface area contributed by atoms with E-state index in [1.54, 1.807) is 6.07 Å². The number of hydrogen-bond acceptors (Lipinski definition) is 5. The highest BCUT2D eigenvalue weighted by molar-refractivity contribution is 7.93. The van der Waals surface area contributed by atoms with Crippen molar-refractivity contribution in [3.63, 3.8) is 0 Å². The van der Waals surface area contributed by atoms with Crippen molar-refractivity contribution in [1.82, 2.24) is 9.69 Å². The minimum Gasteiger partial charge on any atom is -0.349 e. The van der Waals surface area contributed by atoms with E-state index in [0.29, 0.717) is 30.3 Å². The summed E-state index contributed by atoms with van der Waals surface area (Å²) in [6.45, 7) is 2.76. The summed E-state index contributed by atoms with van der Waals surface area (Å²) in [5.41, 5.74) is 0.447. The molecule has 7 heteroatoms. The Bertz CT molecular complexity index is 532. The number of amides is 1. The van der Waals surface area contributed by atoms with Gasteiger partial charge in [-0.25, -0.2) is 8.57 Å². The van der Waals surface area contributed by atoms with Gasteiger partial charge in [-0.1, -0.05) is 0 Å². The molecule has 100 valence electrons. The van der Waals surface area contributed by atoms with Crippen molar-refractivity contribution in [1.29, 1.82) is 0 Å². The topological polar surface area (TPSA) is 71.4 Å². The SMILES string of the molecule is Cc1cc(C(=O)NCCN=S2(=O)CCCC2)ns1. The van der Waals surface area contributed by atoms with Crippen LogP contribution in [-0.4, -0.2) is 39.1 Å². The number of carbonyl (C=O) groups is 1. The van der Waals surface area contributed by atoms with E-state index in [0.717, 1.165) is 17.7 Å². The second-order valence-corrected chi connectivity index (χ2v) is 7.95. The summed E-state index contributed by atoms with van der Waals surface area (Å²) in [6, 6.07) is 1.76. The smallest absolute Gasteiger partial charge is 0.271 e. The highest BCUT2D eigenvalue weighted by Gasteiger charge is 2.15. The van der Waals surface area contributed by atoms with Crippen LogP contribution in [0.5, 0.6) is 0 Å². The molecule has 1 aliphatic rings. The molecule has 2 heterocycles. The fraction of sp³-hybridized carbons (Fsp3) is 0.636. The van der Waals surface area contributed by atoms with Gasteiger partial charge >= 0.3 is 0 Å². The maximum atomic E-state index is 12.0. The average Bonchev–Trinajstić information content (AvgIpc) is 2.94. The molecule has 1 aliphatic heterocycles. The van der Waals surface area contributed by atoms with E-state index in [1.807, 2.05) is 6.92 Å². The molecular weight excluding hydrogens is 270 g/mol. The third kappa shape index (κ3) is 3.52. The molecule has 0 bridgehead atoms. The Morgan fingerprint density at radius 2 is 2.28 bits per heavy atom. The van der Waals surface area contributed by atoms with E-state index < -0.39 is 9.73 Å². The van der Waals surface area contributed by atoms with Gasteiger partial charge < -0.3 is 5.32 Å². The van der Waals surface area contributed by atoms with Crippen LogP contribution in [-0.2, 0) is 9.73 Å². The monoisotopic (exact) mass is 287 g/mol. The molecule has 1 aromatic rings. The van der Waals surface area contributed by atoms with Crippen LogP contribution in [0.15, 0.2) is 10.4 Å². The van der Waals surface area contributed by atoms with E-state index in [9.17, 15) is 9.00 Å². The highest BCUT2D eigenvalue weighted by atomic mass is 32.2. The van der Waals surface area contributed by atoms with E-state index in [2.05, 4.69) is 14.1 Å². The van der Waals surface area contributed by atoms with Crippen molar-refractivity contribution in [3.05, 3.63) is 16.6 Å². The molecule has 0 radical (unpaired) electrons. The van der Waals surface area contributed by atoms with Gasteiger partial charge in [0, 0.05) is 32.7 Å². The van der Waals surface area contributed by atoms with Crippen LogP contribution in [0.1, 0.15) is 28.2 Å². The number of nitrogens with one attached hydrogen (secondary N) is 1. The van der Waals surface area contributed by atoms with Gasteiger partial charge in [-0.05, 0) is 37.4 Å². The summed E-state index contributed by atoms with van der Waals surface area (Å²) in [6.07, 6.45) is 2.01. The zero-order chi connectivity index (χ0) is 13.0. The van der Waals surface area contributed by atoms with Crippen molar-refractivity contribution >= 4 is 27.2 Å². The standard InChI is InChI=1S/C11H17N3O2S2/c1-9-8-10(14-17-9)11(15)12-4-5-13-18(16)6-2-3-7-18/h8H,2-7H2,1H3,(H,12,15). The van der Waals surface area contributed by atoms with Crippen LogP contribution >= 0.6 is 11.5 Å². The lowest BCUT2D eigenvalue weighted by Gasteiger charge is -2.02. The van der Waals surface area contributed by atoms with Crippen LogP contribution in [0.3, 0.4) is 0 Å². The zero-order valence-electron chi connectivity index (χ0n) is 10.3. The lowest BCUT2D eigenvalue weighted by Crippen LogP contribution is -2.26. The summed E-state index contributed by atoms with van der Waals surface area (Å²) in [7, 11) is -1.95. The maximum Gasteiger partial charge on any atom is 0.271 e. The Kier molecular flexibility index (Phi) is 4.34. The summed E-state index contributed by atoms with van der Waals surface area (Å²) in [5, 5.41) is 2.74. The number of hydrogen-bond donors (Lipinski definition) is 1. The summed E-state index contributed by atoms with van der Waals surface area (Å²) < 4.78 is 20.3. The second kappa shape index (κ2) is 5.79. The number of carbonyl (C=O) groups excluding carboxylic acids is 1. The molecule has 0 atom stereocenters. The molecule has 1 fully saturated rings. The number of nitrogens with zero attached hydrogens (tertiary/aromatic N) is 2. The Morgan fingerprint density at radius 1 is 1.56 bits per heavy atom. The van der Waals surface area contributed by atoms with Crippen LogP contribution < -0.4 is 5.32 Å². The lowest BCUT2D eigenvalue weighted by molar-refractivity contribution is 0.0951. The van der Waals surface area contributed by atoms with Crippen LogP contribution in [0.25, 0.3) is 0 Å². The average molecular weight is 287 g/mol. The molecule has 0 aliphatic carbocycles. The maximum absolute atomic E-state index is 12.0. The molecule has 1 N–H and O–H groups in total. The van der Waals surface area contributed by atoms with Gasteiger partial charge in [-0.3, -0.25) is 4.79 Å². The van der Waals surface area contributed by atoms with Gasteiger partial charge in [0.15, 0.2) is 0 Å². The summed E-state index contributed by atoms with van der Waals surface area (Å²) >= 11 is 1.31. The van der Waals surface area contributed by atoms with E-state index in [4.69, 9.17) is 0 Å². The van der Waals surface area contributed by atoms with Crippen molar-refractivity contribution in [2.24, 2.45) is 4.36 Å². The summed E-state index contributed by atoms with van der Waals surface area (Å²) in [4.78, 5) is 12.7. The second-order valence-electron chi connectivity index (χ2n) is 4.32. The quantitative estimate of drug-likeness (QED) is 0.852. The fourth-order valence-electron chi connectivity index (χ4n) is 1.83. The number of aromatic nitrogens is 1. The normalized spacial score (nSPS) is 17.6. The molecule has 18 heavy (non-hydrogen) atoms. The van der Waals surface area contributed by atoms with Gasteiger partial charge in [0.2, 0.25) is 0 Å². The molecule has 0 unspecified atom stereocenters. The molecule has 1 amide bonds. The van der Waals surface area contributed by atoms with E-state index in [-0.39, 0.29) is 5.91 Å². The molecule has 0 aromatic carbocycles. The van der Waals surface area contributed by atoms with Gasteiger partial charge in [-0.15, -0.1) is 0 Å². The first-order valence-corrected chi connectivity index (χ1v) is 8.61. The molecule has 5 nitrogen and oxygen atoms in total. The highest BCUT2D eigenvalue weighted by Crippen LogP contribution is 2.12. The molecule has 1 saturated heterocycles. The molecule has 0 saturated carbocycles. The Morgan fingerprint density at radius 3 is 2.89 bits per heavy atom. The Balaban J connectivity index is 1.79. The van der Waals surface area contributed by atoms with Crippen molar-refractivity contribution < 1.29 is 9.00 Å². The molecule has 0 spiro atoms. The predicted molar refractivity (Wildman–Crippen MR) is 73.6 cm³/mol. The fourth-order valence-corrected chi connectivity index (χ4v) is 4.57. The third-order valence-electron chi connectivity index (χ3n) is 2.76. The number of rotatable bonds is 4. The van der Waals surface area contributed by atoms with Gasteiger partial charge in [0.1, 0.15) is 5.69 Å². The Labute approximate surface area is 111 Å².